The third kappa shape index (κ3) is 4.17. The minimum atomic E-state index is -0.0815. The molecule has 0 bridgehead atoms. The second-order valence-corrected chi connectivity index (χ2v) is 6.94. The van der Waals surface area contributed by atoms with E-state index < -0.39 is 0 Å². The summed E-state index contributed by atoms with van der Waals surface area (Å²) in [4.78, 5) is 24.2. The van der Waals surface area contributed by atoms with E-state index in [9.17, 15) is 4.79 Å². The average molecular weight is 379 g/mol. The lowest BCUT2D eigenvalue weighted by Crippen LogP contribution is -2.14. The van der Waals surface area contributed by atoms with Gasteiger partial charge >= 0.3 is 0 Å². The first kappa shape index (κ1) is 17.3. The van der Waals surface area contributed by atoms with Crippen molar-refractivity contribution < 1.29 is 9.32 Å². The lowest BCUT2D eigenvalue weighted by Gasteiger charge is -2.06. The minimum Gasteiger partial charge on any atom is -0.340 e. The van der Waals surface area contributed by atoms with E-state index in [1.54, 1.807) is 6.92 Å². The van der Waals surface area contributed by atoms with E-state index in [2.05, 4.69) is 25.4 Å². The highest BCUT2D eigenvalue weighted by atomic mass is 32.2. The molecule has 136 valence electrons. The Hall–Kier alpha value is -3.13. The Morgan fingerprint density at radius 1 is 1.19 bits per heavy atom. The molecule has 0 unspecified atom stereocenters. The summed E-state index contributed by atoms with van der Waals surface area (Å²) in [6.07, 6.45) is 0. The fourth-order valence-electron chi connectivity index (χ4n) is 2.67. The molecule has 2 aromatic carbocycles. The fourth-order valence-corrected chi connectivity index (χ4v) is 3.33. The van der Waals surface area contributed by atoms with E-state index in [0.29, 0.717) is 23.2 Å². The summed E-state index contributed by atoms with van der Waals surface area (Å²) in [5.41, 5.74) is 3.54. The van der Waals surface area contributed by atoms with E-state index >= 15 is 0 Å². The molecule has 0 spiro atoms. The number of nitrogens with zero attached hydrogens (tertiary/aromatic N) is 3. The van der Waals surface area contributed by atoms with Crippen LogP contribution >= 0.6 is 11.8 Å². The lowest BCUT2D eigenvalue weighted by molar-refractivity contribution is -0.113. The van der Waals surface area contributed by atoms with Crippen LogP contribution in [0.3, 0.4) is 0 Å². The van der Waals surface area contributed by atoms with Crippen LogP contribution in [0.15, 0.2) is 53.1 Å². The number of amides is 1. The summed E-state index contributed by atoms with van der Waals surface area (Å²) in [5.74, 6) is 2.65. The van der Waals surface area contributed by atoms with Crippen molar-refractivity contribution >= 4 is 34.4 Å². The van der Waals surface area contributed by atoms with Crippen molar-refractivity contribution in [2.24, 2.45) is 0 Å². The standard InChI is InChI=1S/C19H17N5O2S/c1-12-20-17(24-26-12)10-27-11-18(25)21-14-6-4-5-13(9-14)19-22-15-7-2-3-8-16(15)23-19/h2-9H,10-11H2,1H3,(H,21,25)(H,22,23). The monoisotopic (exact) mass is 379 g/mol. The Bertz CT molecular complexity index is 1060. The number of carbonyl (C=O) groups is 1. The SMILES string of the molecule is Cc1nc(CSCC(=O)Nc2cccc(-c3nc4ccccc4[nH]3)c2)no1. The number of para-hydroxylation sites is 2. The van der Waals surface area contributed by atoms with Gasteiger partial charge < -0.3 is 14.8 Å². The van der Waals surface area contributed by atoms with Gasteiger partial charge in [0, 0.05) is 18.2 Å². The Morgan fingerprint density at radius 2 is 2.07 bits per heavy atom. The molecule has 0 atom stereocenters. The zero-order valence-corrected chi connectivity index (χ0v) is 15.4. The molecule has 0 saturated carbocycles. The van der Waals surface area contributed by atoms with E-state index in [-0.39, 0.29) is 5.91 Å². The zero-order chi connectivity index (χ0) is 18.6. The van der Waals surface area contributed by atoms with Crippen molar-refractivity contribution in [1.82, 2.24) is 20.1 Å². The van der Waals surface area contributed by atoms with E-state index in [0.717, 1.165) is 28.1 Å². The fraction of sp³-hybridized carbons (Fsp3) is 0.158. The van der Waals surface area contributed by atoms with E-state index in [4.69, 9.17) is 4.52 Å². The van der Waals surface area contributed by atoms with Gasteiger partial charge in [0.05, 0.1) is 22.5 Å². The third-order valence-electron chi connectivity index (χ3n) is 3.84. The number of aryl methyl sites for hydroxylation is 1. The van der Waals surface area contributed by atoms with Gasteiger partial charge in [0.2, 0.25) is 11.8 Å². The van der Waals surface area contributed by atoms with Gasteiger partial charge in [0.1, 0.15) is 5.82 Å². The van der Waals surface area contributed by atoms with Gasteiger partial charge in [0.25, 0.3) is 0 Å². The average Bonchev–Trinajstić information content (AvgIpc) is 3.28. The Labute approximate surface area is 159 Å². The minimum absolute atomic E-state index is 0.0815. The van der Waals surface area contributed by atoms with Crippen molar-refractivity contribution in [2.45, 2.75) is 12.7 Å². The number of thioether (sulfide) groups is 1. The smallest absolute Gasteiger partial charge is 0.234 e. The van der Waals surface area contributed by atoms with Crippen molar-refractivity contribution in [2.75, 3.05) is 11.1 Å². The number of carbonyl (C=O) groups excluding carboxylic acids is 1. The number of H-pyrrole nitrogens is 1. The van der Waals surface area contributed by atoms with Crippen LogP contribution in [0.2, 0.25) is 0 Å². The number of aromatic nitrogens is 4. The molecule has 7 nitrogen and oxygen atoms in total. The topological polar surface area (TPSA) is 96.7 Å². The van der Waals surface area contributed by atoms with Crippen LogP contribution < -0.4 is 5.32 Å². The Kier molecular flexibility index (Phi) is 4.88. The van der Waals surface area contributed by atoms with Crippen LogP contribution in [0.4, 0.5) is 5.69 Å². The first-order valence-corrected chi connectivity index (χ1v) is 9.55. The predicted octanol–water partition coefficient (Wildman–Crippen LogP) is 3.79. The number of hydrogen-bond donors (Lipinski definition) is 2. The first-order valence-electron chi connectivity index (χ1n) is 8.39. The molecule has 1 amide bonds. The highest BCUT2D eigenvalue weighted by molar-refractivity contribution is 7.99. The molecule has 4 aromatic rings. The molecule has 0 aliphatic rings. The molecular formula is C19H17N5O2S. The van der Waals surface area contributed by atoms with Crippen LogP contribution in [0.25, 0.3) is 22.4 Å². The van der Waals surface area contributed by atoms with Gasteiger partial charge in [-0.15, -0.1) is 11.8 Å². The molecular weight excluding hydrogens is 362 g/mol. The summed E-state index contributed by atoms with van der Waals surface area (Å²) >= 11 is 1.44. The predicted molar refractivity (Wildman–Crippen MR) is 105 cm³/mol. The summed E-state index contributed by atoms with van der Waals surface area (Å²) in [5, 5.41) is 6.72. The molecule has 0 saturated heterocycles. The van der Waals surface area contributed by atoms with E-state index in [1.807, 2.05) is 48.5 Å². The number of imidazole rings is 1. The highest BCUT2D eigenvalue weighted by Gasteiger charge is 2.09. The normalized spacial score (nSPS) is 11.0. The molecule has 0 radical (unpaired) electrons. The number of nitrogens with one attached hydrogen (secondary N) is 2. The van der Waals surface area contributed by atoms with Crippen LogP contribution in [0.1, 0.15) is 11.7 Å². The second-order valence-electron chi connectivity index (χ2n) is 5.95. The van der Waals surface area contributed by atoms with Crippen LogP contribution in [-0.4, -0.2) is 31.8 Å². The van der Waals surface area contributed by atoms with E-state index in [1.165, 1.54) is 11.8 Å². The molecule has 0 aliphatic carbocycles. The summed E-state index contributed by atoms with van der Waals surface area (Å²) in [7, 11) is 0. The van der Waals surface area contributed by atoms with Crippen molar-refractivity contribution in [3.05, 3.63) is 60.2 Å². The molecule has 2 heterocycles. The van der Waals surface area contributed by atoms with Gasteiger partial charge in [-0.1, -0.05) is 29.4 Å². The molecule has 27 heavy (non-hydrogen) atoms. The summed E-state index contributed by atoms with van der Waals surface area (Å²) in [6.45, 7) is 1.74. The number of rotatable bonds is 6. The Morgan fingerprint density at radius 3 is 2.89 bits per heavy atom. The molecule has 4 rings (SSSR count). The van der Waals surface area contributed by atoms with Gasteiger partial charge in [-0.05, 0) is 24.3 Å². The number of aromatic amines is 1. The third-order valence-corrected chi connectivity index (χ3v) is 4.77. The molecule has 0 aliphatic heterocycles. The maximum absolute atomic E-state index is 12.2. The maximum atomic E-state index is 12.2. The summed E-state index contributed by atoms with van der Waals surface area (Å²) < 4.78 is 4.91. The second kappa shape index (κ2) is 7.63. The quantitative estimate of drug-likeness (QED) is 0.529. The van der Waals surface area contributed by atoms with Gasteiger partial charge in [0.15, 0.2) is 5.82 Å². The lowest BCUT2D eigenvalue weighted by atomic mass is 10.2. The van der Waals surface area contributed by atoms with Crippen LogP contribution in [-0.2, 0) is 10.5 Å². The van der Waals surface area contributed by atoms with Crippen LogP contribution in [0, 0.1) is 6.92 Å². The number of anilines is 1. The maximum Gasteiger partial charge on any atom is 0.234 e. The first-order chi connectivity index (χ1) is 13.2. The molecule has 8 heteroatoms. The largest absolute Gasteiger partial charge is 0.340 e. The molecule has 2 N–H and O–H groups in total. The number of fused-ring (bicyclic) bond motifs is 1. The van der Waals surface area contributed by atoms with Crippen molar-refractivity contribution in [1.29, 1.82) is 0 Å². The van der Waals surface area contributed by atoms with Crippen molar-refractivity contribution in [3.63, 3.8) is 0 Å². The molecule has 2 aromatic heterocycles. The highest BCUT2D eigenvalue weighted by Crippen LogP contribution is 2.23. The number of benzene rings is 2. The number of hydrogen-bond acceptors (Lipinski definition) is 6. The molecule has 0 fully saturated rings. The van der Waals surface area contributed by atoms with Crippen molar-refractivity contribution in [3.8, 4) is 11.4 Å². The van der Waals surface area contributed by atoms with Gasteiger partial charge in [-0.25, -0.2) is 4.98 Å². The summed E-state index contributed by atoms with van der Waals surface area (Å²) in [6, 6.07) is 15.5. The van der Waals surface area contributed by atoms with Crippen LogP contribution in [0.5, 0.6) is 0 Å². The van der Waals surface area contributed by atoms with Gasteiger partial charge in [-0.2, -0.15) is 4.98 Å². The zero-order valence-electron chi connectivity index (χ0n) is 14.6. The van der Waals surface area contributed by atoms with Gasteiger partial charge in [-0.3, -0.25) is 4.79 Å². The Balaban J connectivity index is 1.39.